The molecule has 1 amide bonds. The summed E-state index contributed by atoms with van der Waals surface area (Å²) in [6.45, 7) is 4.27. The Hall–Kier alpha value is -1.85. The number of nitrogens with two attached hydrogens (primary N) is 1. The third-order valence-electron chi connectivity index (χ3n) is 2.94. The third kappa shape index (κ3) is 4.58. The minimum absolute atomic E-state index is 0. The molecule has 3 N–H and O–H groups in total. The second kappa shape index (κ2) is 6.74. The van der Waals surface area contributed by atoms with Crippen molar-refractivity contribution in [2.75, 3.05) is 6.54 Å². The van der Waals surface area contributed by atoms with E-state index in [4.69, 9.17) is 5.73 Å². The van der Waals surface area contributed by atoms with E-state index in [1.807, 2.05) is 32.0 Å². The number of pyridine rings is 1. The van der Waals surface area contributed by atoms with Crippen LogP contribution in [0.5, 0.6) is 0 Å². The highest BCUT2D eigenvalue weighted by molar-refractivity contribution is 5.85. The summed E-state index contributed by atoms with van der Waals surface area (Å²) in [5, 5.41) is 3.40. The molecule has 0 fully saturated rings. The summed E-state index contributed by atoms with van der Waals surface area (Å²) in [7, 11) is 0. The number of amides is 1. The van der Waals surface area contributed by atoms with Crippen LogP contribution in [0, 0.1) is 0 Å². The average molecular weight is 310 g/mol. The molecule has 1 heterocycles. The number of nitrogens with one attached hydrogen (secondary N) is 1. The van der Waals surface area contributed by atoms with Gasteiger partial charge in [-0.15, -0.1) is 12.4 Å². The number of halogens is 1. The van der Waals surface area contributed by atoms with E-state index < -0.39 is 5.54 Å². The predicted octanol–water partition coefficient (Wildman–Crippen LogP) is 1.28. The van der Waals surface area contributed by atoms with E-state index in [0.717, 1.165) is 5.52 Å². The largest absolute Gasteiger partial charge is 0.353 e. The number of hydrogen-bond acceptors (Lipinski definition) is 3. The molecule has 2 aromatic rings. The molecule has 0 aliphatic heterocycles. The Morgan fingerprint density at radius 1 is 1.29 bits per heavy atom. The van der Waals surface area contributed by atoms with Crippen molar-refractivity contribution >= 4 is 29.2 Å². The van der Waals surface area contributed by atoms with Gasteiger partial charge in [-0.2, -0.15) is 0 Å². The number of benzene rings is 1. The standard InChI is InChI=1S/C15H19N3O2.ClH/c1-15(2,16)10-17-14(20)9-18-8-7-13(19)11-5-3-4-6-12(11)18;/h3-8H,9-10,16H2,1-2H3,(H,17,20);1H. The minimum Gasteiger partial charge on any atom is -0.353 e. The SMILES string of the molecule is CC(C)(N)CNC(=O)Cn1ccc(=O)c2ccccc21.Cl. The number of para-hydroxylation sites is 1. The maximum atomic E-state index is 11.9. The molecule has 0 atom stereocenters. The van der Waals surface area contributed by atoms with Crippen LogP contribution in [0.15, 0.2) is 41.3 Å². The Bertz CT molecular complexity index is 689. The molecule has 0 saturated heterocycles. The van der Waals surface area contributed by atoms with Gasteiger partial charge in [0.2, 0.25) is 5.91 Å². The average Bonchev–Trinajstić information content (AvgIpc) is 2.39. The number of carbonyl (C=O) groups excluding carboxylic acids is 1. The molecule has 0 unspecified atom stereocenters. The Labute approximate surface area is 129 Å². The van der Waals surface area contributed by atoms with Crippen LogP contribution in [0.25, 0.3) is 10.9 Å². The second-order valence-electron chi connectivity index (χ2n) is 5.59. The molecule has 6 heteroatoms. The first-order valence-electron chi connectivity index (χ1n) is 6.50. The summed E-state index contributed by atoms with van der Waals surface area (Å²) < 4.78 is 1.76. The van der Waals surface area contributed by atoms with Crippen molar-refractivity contribution in [3.8, 4) is 0 Å². The fourth-order valence-corrected chi connectivity index (χ4v) is 1.94. The first kappa shape index (κ1) is 17.2. The lowest BCUT2D eigenvalue weighted by molar-refractivity contribution is -0.121. The van der Waals surface area contributed by atoms with Gasteiger partial charge in [-0.25, -0.2) is 0 Å². The van der Waals surface area contributed by atoms with Gasteiger partial charge in [0.25, 0.3) is 0 Å². The molecule has 0 bridgehead atoms. The normalized spacial score (nSPS) is 11.0. The van der Waals surface area contributed by atoms with E-state index in [9.17, 15) is 9.59 Å². The molecule has 1 aromatic carbocycles. The van der Waals surface area contributed by atoms with Gasteiger partial charge in [-0.05, 0) is 26.0 Å². The molecule has 1 aromatic heterocycles. The second-order valence-corrected chi connectivity index (χ2v) is 5.59. The fraction of sp³-hybridized carbons (Fsp3) is 0.333. The van der Waals surface area contributed by atoms with Crippen LogP contribution in [0.2, 0.25) is 0 Å². The topological polar surface area (TPSA) is 77.1 Å². The van der Waals surface area contributed by atoms with Crippen LogP contribution in [-0.2, 0) is 11.3 Å². The van der Waals surface area contributed by atoms with Gasteiger partial charge in [0.15, 0.2) is 5.43 Å². The van der Waals surface area contributed by atoms with E-state index in [1.54, 1.807) is 16.8 Å². The summed E-state index contributed by atoms with van der Waals surface area (Å²) in [5.74, 6) is -0.127. The van der Waals surface area contributed by atoms with Crippen molar-refractivity contribution in [3.63, 3.8) is 0 Å². The van der Waals surface area contributed by atoms with Gasteiger partial charge in [-0.3, -0.25) is 9.59 Å². The van der Waals surface area contributed by atoms with Crippen LogP contribution >= 0.6 is 12.4 Å². The molecule has 2 rings (SSSR count). The molecule has 0 radical (unpaired) electrons. The van der Waals surface area contributed by atoms with Crippen molar-refractivity contribution in [1.29, 1.82) is 0 Å². The number of fused-ring (bicyclic) bond motifs is 1. The maximum Gasteiger partial charge on any atom is 0.240 e. The Kier molecular flexibility index (Phi) is 5.52. The minimum atomic E-state index is -0.443. The zero-order valence-electron chi connectivity index (χ0n) is 12.1. The summed E-state index contributed by atoms with van der Waals surface area (Å²) in [6.07, 6.45) is 1.64. The van der Waals surface area contributed by atoms with Crippen molar-refractivity contribution in [1.82, 2.24) is 9.88 Å². The van der Waals surface area contributed by atoms with Crippen molar-refractivity contribution < 1.29 is 4.79 Å². The summed E-state index contributed by atoms with van der Waals surface area (Å²) in [4.78, 5) is 23.7. The van der Waals surface area contributed by atoms with Crippen LogP contribution in [-0.4, -0.2) is 22.6 Å². The molecule has 114 valence electrons. The first-order chi connectivity index (χ1) is 9.37. The molecule has 0 spiro atoms. The van der Waals surface area contributed by atoms with E-state index >= 15 is 0 Å². The number of hydrogen-bond donors (Lipinski definition) is 2. The van der Waals surface area contributed by atoms with Crippen LogP contribution < -0.4 is 16.5 Å². The first-order valence-corrected chi connectivity index (χ1v) is 6.50. The highest BCUT2D eigenvalue weighted by atomic mass is 35.5. The molecular weight excluding hydrogens is 290 g/mol. The molecule has 5 nitrogen and oxygen atoms in total. The summed E-state index contributed by atoms with van der Waals surface area (Å²) >= 11 is 0. The number of aromatic nitrogens is 1. The van der Waals surface area contributed by atoms with Gasteiger partial charge in [0.1, 0.15) is 6.54 Å². The summed E-state index contributed by atoms with van der Waals surface area (Å²) in [6, 6.07) is 8.72. The maximum absolute atomic E-state index is 11.9. The van der Waals surface area contributed by atoms with Gasteiger partial charge in [-0.1, -0.05) is 12.1 Å². The van der Waals surface area contributed by atoms with E-state index in [-0.39, 0.29) is 30.3 Å². The molecular formula is C15H20ClN3O2. The highest BCUT2D eigenvalue weighted by Gasteiger charge is 2.13. The lowest BCUT2D eigenvalue weighted by Gasteiger charge is -2.19. The van der Waals surface area contributed by atoms with Gasteiger partial charge >= 0.3 is 0 Å². The van der Waals surface area contributed by atoms with Gasteiger partial charge in [0.05, 0.1) is 5.52 Å². The zero-order valence-corrected chi connectivity index (χ0v) is 12.9. The van der Waals surface area contributed by atoms with Crippen LogP contribution in [0.3, 0.4) is 0 Å². The smallest absolute Gasteiger partial charge is 0.240 e. The van der Waals surface area contributed by atoms with E-state index in [0.29, 0.717) is 11.9 Å². The Morgan fingerprint density at radius 3 is 2.62 bits per heavy atom. The van der Waals surface area contributed by atoms with Crippen LogP contribution in [0.1, 0.15) is 13.8 Å². The van der Waals surface area contributed by atoms with Crippen molar-refractivity contribution in [2.24, 2.45) is 5.73 Å². The highest BCUT2D eigenvalue weighted by Crippen LogP contribution is 2.09. The summed E-state index contributed by atoms with van der Waals surface area (Å²) in [5.41, 5.74) is 6.09. The zero-order chi connectivity index (χ0) is 14.8. The lowest BCUT2D eigenvalue weighted by atomic mass is 10.1. The van der Waals surface area contributed by atoms with Gasteiger partial charge < -0.3 is 15.6 Å². The van der Waals surface area contributed by atoms with Crippen molar-refractivity contribution in [2.45, 2.75) is 25.9 Å². The molecule has 0 aliphatic carbocycles. The van der Waals surface area contributed by atoms with Crippen LogP contribution in [0.4, 0.5) is 0 Å². The molecule has 0 saturated carbocycles. The van der Waals surface area contributed by atoms with E-state index in [2.05, 4.69) is 5.32 Å². The molecule has 21 heavy (non-hydrogen) atoms. The van der Waals surface area contributed by atoms with Crippen molar-refractivity contribution in [3.05, 3.63) is 46.8 Å². The predicted molar refractivity (Wildman–Crippen MR) is 86.7 cm³/mol. The third-order valence-corrected chi connectivity index (χ3v) is 2.94. The quantitative estimate of drug-likeness (QED) is 0.893. The Balaban J connectivity index is 0.00000220. The van der Waals surface area contributed by atoms with Gasteiger partial charge in [0, 0.05) is 29.7 Å². The molecule has 0 aliphatic rings. The fourth-order valence-electron chi connectivity index (χ4n) is 1.94. The number of nitrogens with zero attached hydrogens (tertiary/aromatic N) is 1. The number of rotatable bonds is 4. The number of carbonyl (C=O) groups is 1. The van der Waals surface area contributed by atoms with E-state index in [1.165, 1.54) is 6.07 Å². The lowest BCUT2D eigenvalue weighted by Crippen LogP contribution is -2.45. The Morgan fingerprint density at radius 2 is 1.95 bits per heavy atom. The monoisotopic (exact) mass is 309 g/mol.